The van der Waals surface area contributed by atoms with Gasteiger partial charge in [0.15, 0.2) is 0 Å². The van der Waals surface area contributed by atoms with Crippen LogP contribution in [0.3, 0.4) is 0 Å². The van der Waals surface area contributed by atoms with Gasteiger partial charge >= 0.3 is 0 Å². The van der Waals surface area contributed by atoms with E-state index in [4.69, 9.17) is 11.6 Å². The summed E-state index contributed by atoms with van der Waals surface area (Å²) in [4.78, 5) is 0. The number of rotatable bonds is 1. The van der Waals surface area contributed by atoms with E-state index in [2.05, 4.69) is 5.92 Å². The predicted octanol–water partition coefficient (Wildman–Crippen LogP) is 0.377. The lowest BCUT2D eigenvalue weighted by molar-refractivity contribution is 0.111. The van der Waals surface area contributed by atoms with Gasteiger partial charge < -0.3 is 5.21 Å². The van der Waals surface area contributed by atoms with Crippen LogP contribution in [-0.2, 0) is 0 Å². The third kappa shape index (κ3) is 2.21. The maximum absolute atomic E-state index is 8.20. The average Bonchev–Trinajstić information content (AvgIpc) is 1.68. The summed E-state index contributed by atoms with van der Waals surface area (Å²) < 4.78 is 0. The molecule has 0 aliphatic carbocycles. The van der Waals surface area contributed by atoms with Crippen LogP contribution in [0.15, 0.2) is 0 Å². The summed E-state index contributed by atoms with van der Waals surface area (Å²) in [7, 11) is 0. The highest BCUT2D eigenvalue weighted by Crippen LogP contribution is 1.94. The lowest BCUT2D eigenvalue weighted by Crippen LogP contribution is -2.34. The van der Waals surface area contributed by atoms with Crippen LogP contribution in [0.1, 0.15) is 13.8 Å². The van der Waals surface area contributed by atoms with Gasteiger partial charge in [-0.25, -0.2) is 0 Å². The minimum absolute atomic E-state index is 0.583. The van der Waals surface area contributed by atoms with Crippen LogP contribution in [0.2, 0.25) is 0 Å². The monoisotopic (exact) mass is 99.1 g/mol. The Morgan fingerprint density at radius 2 is 2.14 bits per heavy atom. The molecule has 0 atom stereocenters. The van der Waals surface area contributed by atoms with Crippen molar-refractivity contribution in [1.29, 1.82) is 0 Å². The van der Waals surface area contributed by atoms with Gasteiger partial charge in [-0.2, -0.15) is 5.48 Å². The SMILES string of the molecule is C#CC(C)(C)NO. The second-order valence-corrected chi connectivity index (χ2v) is 1.88. The molecule has 0 unspecified atom stereocenters. The van der Waals surface area contributed by atoms with Crippen LogP contribution in [-0.4, -0.2) is 10.7 Å². The van der Waals surface area contributed by atoms with Gasteiger partial charge in [0.2, 0.25) is 0 Å². The molecule has 0 aromatic heterocycles. The fourth-order valence-corrected chi connectivity index (χ4v) is 0.0323. The van der Waals surface area contributed by atoms with Crippen LogP contribution in [0.4, 0.5) is 0 Å². The minimum Gasteiger partial charge on any atom is -0.315 e. The summed E-state index contributed by atoms with van der Waals surface area (Å²) in [5, 5.41) is 8.20. The molecule has 0 saturated heterocycles. The zero-order valence-electron chi connectivity index (χ0n) is 4.52. The Morgan fingerprint density at radius 1 is 1.71 bits per heavy atom. The molecule has 0 aliphatic rings. The molecule has 0 aliphatic heterocycles. The highest BCUT2D eigenvalue weighted by Gasteiger charge is 2.08. The van der Waals surface area contributed by atoms with E-state index in [9.17, 15) is 0 Å². The summed E-state index contributed by atoms with van der Waals surface area (Å²) in [5.74, 6) is 2.33. The molecular formula is C5H9NO. The topological polar surface area (TPSA) is 32.3 Å². The van der Waals surface area contributed by atoms with Crippen molar-refractivity contribution in [1.82, 2.24) is 5.48 Å². The van der Waals surface area contributed by atoms with Gasteiger partial charge in [-0.05, 0) is 13.8 Å². The van der Waals surface area contributed by atoms with E-state index in [1.54, 1.807) is 13.8 Å². The highest BCUT2D eigenvalue weighted by molar-refractivity contribution is 5.05. The first-order chi connectivity index (χ1) is 3.12. The molecule has 0 heterocycles. The first kappa shape index (κ1) is 6.48. The van der Waals surface area contributed by atoms with Crippen molar-refractivity contribution in [3.8, 4) is 12.3 Å². The molecule has 0 radical (unpaired) electrons. The fourth-order valence-electron chi connectivity index (χ4n) is 0.0323. The first-order valence-electron chi connectivity index (χ1n) is 2.01. The molecule has 0 aromatic rings. The molecule has 0 aromatic carbocycles. The molecule has 0 saturated carbocycles. The largest absolute Gasteiger partial charge is 0.315 e. The maximum Gasteiger partial charge on any atom is 0.0973 e. The smallest absolute Gasteiger partial charge is 0.0973 e. The lowest BCUT2D eigenvalue weighted by Gasteiger charge is -2.12. The summed E-state index contributed by atoms with van der Waals surface area (Å²) >= 11 is 0. The van der Waals surface area contributed by atoms with E-state index in [1.165, 1.54) is 0 Å². The summed E-state index contributed by atoms with van der Waals surface area (Å²) in [6, 6.07) is 0. The van der Waals surface area contributed by atoms with Gasteiger partial charge in [0.25, 0.3) is 0 Å². The van der Waals surface area contributed by atoms with Gasteiger partial charge in [0, 0.05) is 0 Å². The summed E-state index contributed by atoms with van der Waals surface area (Å²) in [5.41, 5.74) is 1.37. The molecular weight excluding hydrogens is 90.1 g/mol. The van der Waals surface area contributed by atoms with Crippen molar-refractivity contribution in [3.05, 3.63) is 0 Å². The van der Waals surface area contributed by atoms with Crippen LogP contribution in [0.5, 0.6) is 0 Å². The molecule has 0 fully saturated rings. The lowest BCUT2D eigenvalue weighted by atomic mass is 10.1. The van der Waals surface area contributed by atoms with E-state index >= 15 is 0 Å². The Balaban J connectivity index is 3.66. The standard InChI is InChI=1S/C5H9NO/c1-4-5(2,3)6-7/h1,6-7H,2-3H3. The number of hydroxylamine groups is 1. The van der Waals surface area contributed by atoms with E-state index in [1.807, 2.05) is 5.48 Å². The summed E-state index contributed by atoms with van der Waals surface area (Å²) in [6.45, 7) is 3.40. The van der Waals surface area contributed by atoms with Crippen molar-refractivity contribution < 1.29 is 5.21 Å². The molecule has 2 N–H and O–H groups in total. The Bertz CT molecular complexity index is 90.7. The highest BCUT2D eigenvalue weighted by atomic mass is 16.5. The zero-order chi connectivity index (χ0) is 5.91. The van der Waals surface area contributed by atoms with Crippen LogP contribution < -0.4 is 5.48 Å². The normalized spacial score (nSPS) is 10.6. The van der Waals surface area contributed by atoms with Gasteiger partial charge in [0.1, 0.15) is 0 Å². The van der Waals surface area contributed by atoms with E-state index in [0.717, 1.165) is 0 Å². The molecule has 2 nitrogen and oxygen atoms in total. The van der Waals surface area contributed by atoms with Crippen LogP contribution in [0, 0.1) is 12.3 Å². The molecule has 2 heteroatoms. The van der Waals surface area contributed by atoms with E-state index < -0.39 is 5.54 Å². The van der Waals surface area contributed by atoms with Gasteiger partial charge in [-0.15, -0.1) is 6.42 Å². The molecule has 0 amide bonds. The van der Waals surface area contributed by atoms with Crippen molar-refractivity contribution in [2.75, 3.05) is 0 Å². The number of hydrogen-bond acceptors (Lipinski definition) is 2. The second kappa shape index (κ2) is 1.97. The van der Waals surface area contributed by atoms with Gasteiger partial charge in [0.05, 0.1) is 5.54 Å². The van der Waals surface area contributed by atoms with Gasteiger partial charge in [-0.3, -0.25) is 0 Å². The fraction of sp³-hybridized carbons (Fsp3) is 0.600. The molecule has 7 heavy (non-hydrogen) atoms. The summed E-state index contributed by atoms with van der Waals surface area (Å²) in [6.07, 6.45) is 4.94. The zero-order valence-corrected chi connectivity index (χ0v) is 4.52. The third-order valence-corrected chi connectivity index (χ3v) is 0.640. The van der Waals surface area contributed by atoms with E-state index in [-0.39, 0.29) is 0 Å². The Morgan fingerprint density at radius 3 is 2.14 bits per heavy atom. The Hall–Kier alpha value is -0.520. The van der Waals surface area contributed by atoms with Crippen LogP contribution in [0.25, 0.3) is 0 Å². The number of nitrogens with one attached hydrogen (secondary N) is 1. The molecule has 0 bridgehead atoms. The van der Waals surface area contributed by atoms with Crippen molar-refractivity contribution in [2.45, 2.75) is 19.4 Å². The quantitative estimate of drug-likeness (QED) is 0.368. The number of terminal acetylenes is 1. The third-order valence-electron chi connectivity index (χ3n) is 0.640. The maximum atomic E-state index is 8.20. The predicted molar refractivity (Wildman–Crippen MR) is 27.8 cm³/mol. The van der Waals surface area contributed by atoms with Gasteiger partial charge in [-0.1, -0.05) is 5.92 Å². The van der Waals surface area contributed by atoms with E-state index in [0.29, 0.717) is 0 Å². The average molecular weight is 99.1 g/mol. The van der Waals surface area contributed by atoms with Crippen molar-refractivity contribution in [2.24, 2.45) is 0 Å². The molecule has 0 spiro atoms. The number of hydrogen-bond donors (Lipinski definition) is 2. The Kier molecular flexibility index (Phi) is 1.82. The molecule has 40 valence electrons. The minimum atomic E-state index is -0.583. The van der Waals surface area contributed by atoms with Crippen molar-refractivity contribution in [3.63, 3.8) is 0 Å². The second-order valence-electron chi connectivity index (χ2n) is 1.88. The first-order valence-corrected chi connectivity index (χ1v) is 2.01. The van der Waals surface area contributed by atoms with Crippen LogP contribution >= 0.6 is 0 Å². The Labute approximate surface area is 43.5 Å². The molecule has 0 rings (SSSR count). The van der Waals surface area contributed by atoms with Crippen molar-refractivity contribution >= 4 is 0 Å².